The number of nitrogens with one attached hydrogen (secondary N) is 2. The van der Waals surface area contributed by atoms with Crippen LogP contribution in [0, 0.1) is 0 Å². The van der Waals surface area contributed by atoms with Crippen LogP contribution in [-0.2, 0) is 19.2 Å². The van der Waals surface area contributed by atoms with E-state index >= 15 is 0 Å². The van der Waals surface area contributed by atoms with Crippen molar-refractivity contribution < 1.29 is 55.7 Å². The van der Waals surface area contributed by atoms with Crippen molar-refractivity contribution in [1.29, 1.82) is 0 Å². The molecule has 3 aromatic heterocycles. The largest absolute Gasteiger partial charge is 0.426 e. The van der Waals surface area contributed by atoms with E-state index < -0.39 is 47.2 Å². The van der Waals surface area contributed by atoms with E-state index in [-0.39, 0.29) is 71.7 Å². The van der Waals surface area contributed by atoms with Gasteiger partial charge >= 0.3 is 23.9 Å². The number of aromatic nitrogens is 4. The summed E-state index contributed by atoms with van der Waals surface area (Å²) in [6.45, 7) is 4.90. The number of rotatable bonds is 16. The zero-order valence-electron chi connectivity index (χ0n) is 44.4. The molecule has 0 spiro atoms. The average molecular weight is 1100 g/mol. The van der Waals surface area contributed by atoms with Crippen LogP contribution >= 0.6 is 0 Å². The summed E-state index contributed by atoms with van der Waals surface area (Å²) in [6, 6.07) is 34.4. The number of halogens is 4. The fourth-order valence-electron chi connectivity index (χ4n) is 8.94. The summed E-state index contributed by atoms with van der Waals surface area (Å²) in [5.74, 6) is -4.63. The van der Waals surface area contributed by atoms with Crippen molar-refractivity contribution in [1.82, 2.24) is 19.9 Å². The van der Waals surface area contributed by atoms with E-state index in [0.29, 0.717) is 89.4 Å². The Morgan fingerprint density at radius 1 is 0.370 bits per heavy atom. The number of aromatic amines is 2. The molecule has 0 aliphatic carbocycles. The molecule has 12 nitrogen and oxygen atoms in total. The van der Waals surface area contributed by atoms with Gasteiger partial charge in [0.1, 0.15) is 23.0 Å². The predicted octanol–water partition coefficient (Wildman–Crippen LogP) is 15.6. The standard InChI is InChI=1S/C64H50F4N4O8.Mg/c1-37(65)21-33-57(73)77-53-17-9-5-13-41(53)61-45-25-27-47(69-45)62(42-14-6-10-18-54(42)78-58(74)34-22-38(2)66)49-29-31-51(71-49)64(44-16-8-12-20-56(44)80-60(76)36-24-40(4)68)52-32-30-50(72-52)63(48-28-26-46(61)70-48)43-15-7-11-19-55(43)79-59(75)35-23-39(3)67;/h5-32,69,72H,33-36H2,1-4H3;. The second-order valence-corrected chi connectivity index (χ2v) is 18.4. The topological polar surface area (TPSA) is 163 Å². The van der Waals surface area contributed by atoms with Crippen LogP contribution in [-0.4, -0.2) is 66.9 Å². The second kappa shape index (κ2) is 26.2. The third-order valence-electron chi connectivity index (χ3n) is 12.5. The molecule has 404 valence electrons. The zero-order chi connectivity index (χ0) is 56.5. The van der Waals surface area contributed by atoms with Crippen molar-refractivity contribution >= 4 is 93.3 Å². The van der Waals surface area contributed by atoms with Crippen LogP contribution in [0.25, 0.3) is 90.9 Å². The highest BCUT2D eigenvalue weighted by Crippen LogP contribution is 2.44. The van der Waals surface area contributed by atoms with Gasteiger partial charge < -0.3 is 28.9 Å². The van der Waals surface area contributed by atoms with Crippen molar-refractivity contribution in [3.63, 3.8) is 0 Å². The molecular weight excluding hydrogens is 1050 g/mol. The Hall–Kier alpha value is -9.19. The van der Waals surface area contributed by atoms with Gasteiger partial charge in [0.2, 0.25) is 0 Å². The maximum atomic E-state index is 13.9. The number of allylic oxidation sites excluding steroid dienone is 4. The summed E-state index contributed by atoms with van der Waals surface area (Å²) in [4.78, 5) is 71.0. The molecule has 2 N–H and O–H groups in total. The average Bonchev–Trinajstić information content (AvgIpc) is 4.32. The highest BCUT2D eigenvalue weighted by atomic mass is 24.3. The number of carbonyl (C=O) groups is 4. The number of nitrogens with zero attached hydrogens (tertiary/aromatic N) is 2. The Kier molecular flexibility index (Phi) is 18.7. The number of para-hydroxylation sites is 4. The van der Waals surface area contributed by atoms with Gasteiger partial charge in [0.05, 0.1) is 71.8 Å². The van der Waals surface area contributed by atoms with Gasteiger partial charge in [0, 0.05) is 89.6 Å². The van der Waals surface area contributed by atoms with Crippen LogP contribution < -0.4 is 18.9 Å². The Morgan fingerprint density at radius 2 is 0.580 bits per heavy atom. The lowest BCUT2D eigenvalue weighted by atomic mass is 10.0. The lowest BCUT2D eigenvalue weighted by Gasteiger charge is -2.13. The molecule has 0 atom stereocenters. The van der Waals surface area contributed by atoms with Gasteiger partial charge in [-0.25, -0.2) is 27.5 Å². The molecule has 81 heavy (non-hydrogen) atoms. The highest BCUT2D eigenvalue weighted by Gasteiger charge is 2.25. The number of esters is 4. The molecule has 5 heterocycles. The van der Waals surface area contributed by atoms with Gasteiger partial charge in [-0.05, 0) is 125 Å². The predicted molar refractivity (Wildman–Crippen MR) is 307 cm³/mol. The molecule has 0 amide bonds. The third kappa shape index (κ3) is 14.0. The van der Waals surface area contributed by atoms with Crippen molar-refractivity contribution in [2.75, 3.05) is 0 Å². The molecule has 0 fully saturated rings. The highest BCUT2D eigenvalue weighted by molar-refractivity contribution is 6.02. The molecule has 2 radical (unpaired) electrons. The first-order valence-electron chi connectivity index (χ1n) is 25.3. The first-order valence-corrected chi connectivity index (χ1v) is 25.3. The molecule has 8 bridgehead atoms. The number of carbonyl (C=O) groups excluding carboxylic acids is 4. The Bertz CT molecular complexity index is 3480. The van der Waals surface area contributed by atoms with Crippen LogP contribution in [0.1, 0.15) is 76.2 Å². The summed E-state index contributed by atoms with van der Waals surface area (Å²) in [7, 11) is 0. The van der Waals surface area contributed by atoms with Gasteiger partial charge in [0.25, 0.3) is 0 Å². The second-order valence-electron chi connectivity index (χ2n) is 18.4. The van der Waals surface area contributed by atoms with Gasteiger partial charge in [-0.1, -0.05) is 72.8 Å². The van der Waals surface area contributed by atoms with E-state index in [2.05, 4.69) is 9.97 Å². The summed E-state index contributed by atoms with van der Waals surface area (Å²) < 4.78 is 79.3. The van der Waals surface area contributed by atoms with Crippen LogP contribution in [0.15, 0.2) is 169 Å². The van der Waals surface area contributed by atoms with Gasteiger partial charge in [-0.15, -0.1) is 0 Å². The number of fused-ring (bicyclic) bond motifs is 8. The van der Waals surface area contributed by atoms with E-state index in [1.54, 1.807) is 146 Å². The lowest BCUT2D eigenvalue weighted by molar-refractivity contribution is -0.134. The molecular formula is C64H50F4MgN4O8. The van der Waals surface area contributed by atoms with Crippen molar-refractivity contribution in [2.45, 2.75) is 53.4 Å². The fourth-order valence-corrected chi connectivity index (χ4v) is 8.94. The van der Waals surface area contributed by atoms with Gasteiger partial charge in [-0.2, -0.15) is 0 Å². The van der Waals surface area contributed by atoms with Crippen LogP contribution in [0.4, 0.5) is 17.6 Å². The summed E-state index contributed by atoms with van der Waals surface area (Å²) >= 11 is 0. The molecule has 17 heteroatoms. The Labute approximate surface area is 479 Å². The molecule has 4 aromatic carbocycles. The number of hydrogen-bond acceptors (Lipinski definition) is 10. The third-order valence-corrected chi connectivity index (χ3v) is 12.5. The lowest BCUT2D eigenvalue weighted by Crippen LogP contribution is -2.07. The zero-order valence-corrected chi connectivity index (χ0v) is 45.8. The molecule has 7 aromatic rings. The molecule has 9 rings (SSSR count). The van der Waals surface area contributed by atoms with E-state index in [0.717, 1.165) is 24.3 Å². The SMILES string of the molecule is CC(F)=CCC(=O)Oc1ccccc1-c1c2nc(c(-c3ccccc3OC(=O)CC=C(C)F)c3ccc([nH]3)c(-c3ccccc3OC(=O)CC=C(C)F)c3nc(c(-c4ccccc4OC(=O)CC=C(C)F)c4ccc1[nH]4)C=C3)C=C2.[Mg]. The number of benzene rings is 4. The number of hydrogen-bond donors (Lipinski definition) is 2. The molecule has 2 aliphatic heterocycles. The maximum absolute atomic E-state index is 13.9. The summed E-state index contributed by atoms with van der Waals surface area (Å²) in [5, 5.41) is 0. The molecule has 0 unspecified atom stereocenters. The number of H-pyrrole nitrogens is 2. The first kappa shape index (κ1) is 58.0. The molecule has 2 aliphatic rings. The van der Waals surface area contributed by atoms with E-state index in [1.165, 1.54) is 27.7 Å². The normalized spacial score (nSPS) is 12.4. The minimum absolute atomic E-state index is 0. The number of ether oxygens (including phenoxy) is 4. The van der Waals surface area contributed by atoms with E-state index in [9.17, 15) is 36.7 Å². The van der Waals surface area contributed by atoms with E-state index in [4.69, 9.17) is 28.9 Å². The van der Waals surface area contributed by atoms with Crippen LogP contribution in [0.2, 0.25) is 0 Å². The van der Waals surface area contributed by atoms with Crippen LogP contribution in [0.3, 0.4) is 0 Å². The molecule has 0 saturated carbocycles. The van der Waals surface area contributed by atoms with Crippen LogP contribution in [0.5, 0.6) is 23.0 Å². The van der Waals surface area contributed by atoms with E-state index in [1.807, 2.05) is 0 Å². The fraction of sp³-hybridized carbons (Fsp3) is 0.125. The van der Waals surface area contributed by atoms with Crippen molar-refractivity contribution in [2.24, 2.45) is 0 Å². The summed E-state index contributed by atoms with van der Waals surface area (Å²) in [5.41, 5.74) is 6.69. The first-order chi connectivity index (χ1) is 38.6. The Balaban J connectivity index is 0.00000860. The van der Waals surface area contributed by atoms with Crippen molar-refractivity contribution in [3.8, 4) is 67.5 Å². The maximum Gasteiger partial charge on any atom is 0.315 e. The molecule has 0 saturated heterocycles. The Morgan fingerprint density at radius 3 is 0.790 bits per heavy atom. The minimum atomic E-state index is -0.730. The smallest absolute Gasteiger partial charge is 0.315 e. The minimum Gasteiger partial charge on any atom is -0.426 e. The van der Waals surface area contributed by atoms with Gasteiger partial charge in [0.15, 0.2) is 0 Å². The van der Waals surface area contributed by atoms with Crippen molar-refractivity contribution in [3.05, 3.63) is 192 Å². The monoisotopic (exact) mass is 1100 g/mol. The quantitative estimate of drug-likeness (QED) is 0.0412. The van der Waals surface area contributed by atoms with Gasteiger partial charge in [-0.3, -0.25) is 19.2 Å². The summed E-state index contributed by atoms with van der Waals surface area (Å²) in [6.07, 6.45) is 10.1.